The molecule has 1 saturated carbocycles. The number of likely N-dealkylation sites (tertiary alicyclic amines) is 1. The van der Waals surface area contributed by atoms with Crippen LogP contribution in [0.15, 0.2) is 18.2 Å². The highest BCUT2D eigenvalue weighted by atomic mass is 19.4. The van der Waals surface area contributed by atoms with Crippen molar-refractivity contribution in [2.75, 3.05) is 38.2 Å². The third kappa shape index (κ3) is 5.02. The van der Waals surface area contributed by atoms with Gasteiger partial charge in [0.2, 0.25) is 0 Å². The number of nitriles is 1. The predicted octanol–water partition coefficient (Wildman–Crippen LogP) is 4.86. The minimum atomic E-state index is -4.77. The first-order valence-corrected chi connectivity index (χ1v) is 12.1. The molecule has 0 radical (unpaired) electrons. The normalized spacial score (nSPS) is 25.1. The zero-order valence-corrected chi connectivity index (χ0v) is 19.5. The molecular weight excluding hydrogens is 481 g/mol. The summed E-state index contributed by atoms with van der Waals surface area (Å²) in [5, 5.41) is 19.4. The van der Waals surface area contributed by atoms with E-state index in [1.807, 2.05) is 0 Å². The number of halogens is 5. The van der Waals surface area contributed by atoms with Crippen LogP contribution in [0.5, 0.6) is 0 Å². The summed E-state index contributed by atoms with van der Waals surface area (Å²) < 4.78 is 75.3. The molecule has 1 aliphatic carbocycles. The van der Waals surface area contributed by atoms with Gasteiger partial charge in [-0.05, 0) is 61.6 Å². The maximum atomic E-state index is 14.5. The lowest BCUT2D eigenvalue weighted by Gasteiger charge is -2.28. The second-order valence-electron chi connectivity index (χ2n) is 9.99. The smallest absolute Gasteiger partial charge is 0.381 e. The maximum absolute atomic E-state index is 14.5. The second-order valence-corrected chi connectivity index (χ2v) is 9.99. The number of ether oxygens (including phenoxy) is 1. The number of hydrogen-bond donors (Lipinski definition) is 1. The van der Waals surface area contributed by atoms with Gasteiger partial charge in [0.1, 0.15) is 23.0 Å². The average molecular weight is 508 g/mol. The standard InChI is InChI=1S/C25H26F5N5O/c26-21-2-1-18(23(27)19(21)10-31)22-9-20(25(28,29)30)24(34-33-22)32-17-7-15-12-35(13-16(15)8-17)11-14-3-5-36-6-4-14/h1-2,9,14-17H,3-8,11-13H2,(H,32,34)/t15-,16+,17?. The molecule has 1 unspecified atom stereocenters. The number of hydrogen-bond acceptors (Lipinski definition) is 6. The van der Waals surface area contributed by atoms with Gasteiger partial charge in [0.05, 0.1) is 5.69 Å². The highest BCUT2D eigenvalue weighted by molar-refractivity contribution is 5.65. The van der Waals surface area contributed by atoms with E-state index in [9.17, 15) is 22.0 Å². The summed E-state index contributed by atoms with van der Waals surface area (Å²) in [4.78, 5) is 2.48. The molecule has 1 aromatic heterocycles. The Morgan fingerprint density at radius 2 is 1.78 bits per heavy atom. The van der Waals surface area contributed by atoms with Gasteiger partial charge < -0.3 is 15.0 Å². The van der Waals surface area contributed by atoms with Crippen molar-refractivity contribution in [3.8, 4) is 17.3 Å². The predicted molar refractivity (Wildman–Crippen MR) is 121 cm³/mol. The van der Waals surface area contributed by atoms with Crippen LogP contribution >= 0.6 is 0 Å². The molecule has 2 aliphatic heterocycles. The first-order valence-electron chi connectivity index (χ1n) is 12.1. The third-order valence-corrected chi connectivity index (χ3v) is 7.60. The van der Waals surface area contributed by atoms with Gasteiger partial charge in [0.25, 0.3) is 0 Å². The molecule has 2 saturated heterocycles. The van der Waals surface area contributed by atoms with Crippen LogP contribution in [0.1, 0.15) is 36.8 Å². The van der Waals surface area contributed by atoms with Gasteiger partial charge in [-0.3, -0.25) is 0 Å². The first kappa shape index (κ1) is 24.8. The van der Waals surface area contributed by atoms with E-state index in [2.05, 4.69) is 20.4 Å². The Balaban J connectivity index is 1.29. The van der Waals surface area contributed by atoms with Gasteiger partial charge >= 0.3 is 6.18 Å². The molecule has 2 aromatic rings. The molecule has 3 aliphatic rings. The lowest BCUT2D eigenvalue weighted by atomic mass is 10.00. The van der Waals surface area contributed by atoms with E-state index in [4.69, 9.17) is 10.00 Å². The van der Waals surface area contributed by atoms with Crippen LogP contribution in [0.2, 0.25) is 0 Å². The number of benzene rings is 1. The molecular formula is C25H26F5N5O. The van der Waals surface area contributed by atoms with Crippen LogP contribution in [0.3, 0.4) is 0 Å². The van der Waals surface area contributed by atoms with Gasteiger partial charge in [-0.2, -0.15) is 18.4 Å². The van der Waals surface area contributed by atoms with Crippen molar-refractivity contribution < 1.29 is 26.7 Å². The number of fused-ring (bicyclic) bond motifs is 1. The summed E-state index contributed by atoms with van der Waals surface area (Å²) in [6.45, 7) is 4.56. The fraction of sp³-hybridized carbons (Fsp3) is 0.560. The fourth-order valence-electron chi connectivity index (χ4n) is 5.85. The molecule has 0 amide bonds. The van der Waals surface area contributed by atoms with Gasteiger partial charge in [0, 0.05) is 44.5 Å². The van der Waals surface area contributed by atoms with Gasteiger partial charge in [-0.1, -0.05) is 0 Å². The SMILES string of the molecule is N#Cc1c(F)ccc(-c2cc(C(F)(F)F)c(NC3C[C@@H]4CN(CC5CCOCC5)C[C@@H]4C3)nn2)c1F. The molecule has 3 atom stereocenters. The van der Waals surface area contributed by atoms with E-state index in [1.165, 1.54) is 6.07 Å². The van der Waals surface area contributed by atoms with Crippen molar-refractivity contribution >= 4 is 5.82 Å². The average Bonchev–Trinajstić information content (AvgIpc) is 3.38. The molecule has 36 heavy (non-hydrogen) atoms. The molecule has 1 N–H and O–H groups in total. The van der Waals surface area contributed by atoms with Crippen molar-refractivity contribution in [3.05, 3.63) is 41.0 Å². The van der Waals surface area contributed by atoms with Crippen LogP contribution in [-0.2, 0) is 10.9 Å². The Bertz CT molecular complexity index is 1150. The van der Waals surface area contributed by atoms with E-state index in [-0.39, 0.29) is 6.04 Å². The molecule has 3 heterocycles. The Kier molecular flexibility index (Phi) is 6.83. The summed E-state index contributed by atoms with van der Waals surface area (Å²) in [5.41, 5.74) is -2.80. The molecule has 6 nitrogen and oxygen atoms in total. The quantitative estimate of drug-likeness (QED) is 0.583. The number of alkyl halides is 3. The number of rotatable bonds is 5. The van der Waals surface area contributed by atoms with Gasteiger partial charge in [-0.25, -0.2) is 8.78 Å². The van der Waals surface area contributed by atoms with Crippen LogP contribution in [-0.4, -0.2) is 54.0 Å². The van der Waals surface area contributed by atoms with Crippen molar-refractivity contribution in [1.82, 2.24) is 15.1 Å². The lowest BCUT2D eigenvalue weighted by molar-refractivity contribution is -0.137. The summed E-state index contributed by atoms with van der Waals surface area (Å²) in [7, 11) is 0. The van der Waals surface area contributed by atoms with E-state index >= 15 is 0 Å². The first-order chi connectivity index (χ1) is 17.2. The topological polar surface area (TPSA) is 74.1 Å². The Morgan fingerprint density at radius 3 is 2.42 bits per heavy atom. The molecule has 0 spiro atoms. The molecule has 0 bridgehead atoms. The Labute approximate surface area is 205 Å². The summed E-state index contributed by atoms with van der Waals surface area (Å²) in [6, 6.07) is 3.68. The zero-order valence-electron chi connectivity index (χ0n) is 19.5. The highest BCUT2D eigenvalue weighted by Crippen LogP contribution is 2.42. The van der Waals surface area contributed by atoms with E-state index in [0.717, 1.165) is 70.7 Å². The van der Waals surface area contributed by atoms with Crippen LogP contribution in [0.25, 0.3) is 11.3 Å². The molecule has 3 fully saturated rings. The van der Waals surface area contributed by atoms with E-state index in [0.29, 0.717) is 23.8 Å². The molecule has 11 heteroatoms. The molecule has 1 aromatic carbocycles. The molecule has 192 valence electrons. The fourth-order valence-corrected chi connectivity index (χ4v) is 5.85. The van der Waals surface area contributed by atoms with Crippen molar-refractivity contribution in [1.29, 1.82) is 5.26 Å². The largest absolute Gasteiger partial charge is 0.420 e. The van der Waals surface area contributed by atoms with Crippen molar-refractivity contribution in [2.24, 2.45) is 17.8 Å². The van der Waals surface area contributed by atoms with Gasteiger partial charge in [-0.15, -0.1) is 10.2 Å². The van der Waals surface area contributed by atoms with Crippen LogP contribution in [0.4, 0.5) is 27.8 Å². The maximum Gasteiger partial charge on any atom is 0.420 e. The number of nitrogens with zero attached hydrogens (tertiary/aromatic N) is 4. The number of aromatic nitrogens is 2. The van der Waals surface area contributed by atoms with Crippen molar-refractivity contribution in [2.45, 2.75) is 37.9 Å². The Hall–Kier alpha value is -2.84. The third-order valence-electron chi connectivity index (χ3n) is 7.60. The van der Waals surface area contributed by atoms with Crippen LogP contribution < -0.4 is 5.32 Å². The minimum Gasteiger partial charge on any atom is -0.381 e. The lowest BCUT2D eigenvalue weighted by Crippen LogP contribution is -2.32. The van der Waals surface area contributed by atoms with Crippen molar-refractivity contribution in [3.63, 3.8) is 0 Å². The number of nitrogens with one attached hydrogen (secondary N) is 1. The summed E-state index contributed by atoms with van der Waals surface area (Å²) in [6.07, 6.45) is -1.13. The Morgan fingerprint density at radius 1 is 1.08 bits per heavy atom. The minimum absolute atomic E-state index is 0.167. The van der Waals surface area contributed by atoms with E-state index in [1.54, 1.807) is 0 Å². The monoisotopic (exact) mass is 507 g/mol. The zero-order chi connectivity index (χ0) is 25.4. The second kappa shape index (κ2) is 9.90. The van der Waals surface area contributed by atoms with E-state index < -0.39 is 46.0 Å². The summed E-state index contributed by atoms with van der Waals surface area (Å²) >= 11 is 0. The van der Waals surface area contributed by atoms with Crippen LogP contribution in [0, 0.1) is 40.7 Å². The number of anilines is 1. The highest BCUT2D eigenvalue weighted by Gasteiger charge is 2.43. The summed E-state index contributed by atoms with van der Waals surface area (Å²) in [5.74, 6) is -1.29. The van der Waals surface area contributed by atoms with Gasteiger partial charge in [0.15, 0.2) is 11.6 Å². The molecule has 5 rings (SSSR count).